The van der Waals surface area contributed by atoms with Gasteiger partial charge >= 0.3 is 0 Å². The second kappa shape index (κ2) is 17.8. The molecule has 10 heteroatoms. The van der Waals surface area contributed by atoms with Crippen LogP contribution in [0, 0.1) is 23.3 Å². The largest absolute Gasteiger partial charge is 0.494 e. The molecule has 6 nitrogen and oxygen atoms in total. The molecule has 0 fully saturated rings. The molecular weight excluding hydrogens is 745 g/mol. The molecule has 0 saturated heterocycles. The molecule has 0 unspecified atom stereocenters. The zero-order chi connectivity index (χ0) is 40.8. The molecule has 0 aromatic heterocycles. The van der Waals surface area contributed by atoms with Crippen LogP contribution < -0.4 is 9.47 Å². The van der Waals surface area contributed by atoms with E-state index in [1.165, 1.54) is 36.4 Å². The summed E-state index contributed by atoms with van der Waals surface area (Å²) in [5.74, 6) is -1.02. The molecule has 2 aliphatic rings. The van der Waals surface area contributed by atoms with Crippen LogP contribution >= 0.6 is 0 Å². The number of halogens is 4. The van der Waals surface area contributed by atoms with Gasteiger partial charge in [0.05, 0.1) is 13.2 Å². The number of rotatable bonds is 10. The van der Waals surface area contributed by atoms with E-state index in [0.717, 1.165) is 44.9 Å². The molecule has 296 valence electrons. The second-order valence-electron chi connectivity index (χ2n) is 13.8. The van der Waals surface area contributed by atoms with Gasteiger partial charge in [-0.25, -0.2) is 27.5 Å². The smallest absolute Gasteiger partial charge is 0.223 e. The molecule has 8 rings (SSSR count). The molecule has 4 atom stereocenters. The minimum atomic E-state index is -0.678. The van der Waals surface area contributed by atoms with Crippen LogP contribution in [0.5, 0.6) is 11.5 Å². The zero-order valence-corrected chi connectivity index (χ0v) is 32.5. The lowest BCUT2D eigenvalue weighted by Crippen LogP contribution is -2.14. The van der Waals surface area contributed by atoms with Crippen LogP contribution in [0.25, 0.3) is 22.3 Å². The van der Waals surface area contributed by atoms with E-state index in [0.29, 0.717) is 13.2 Å². The highest BCUT2D eigenvalue weighted by atomic mass is 19.1. The lowest BCUT2D eigenvalue weighted by Gasteiger charge is -2.14. The van der Waals surface area contributed by atoms with E-state index in [2.05, 4.69) is 9.98 Å². The Morgan fingerprint density at radius 2 is 0.741 bits per heavy atom. The molecule has 0 amide bonds. The Morgan fingerprint density at radius 1 is 0.448 bits per heavy atom. The van der Waals surface area contributed by atoms with Gasteiger partial charge in [-0.15, -0.1) is 0 Å². The van der Waals surface area contributed by atoms with Crippen LogP contribution in [0.2, 0.25) is 0 Å². The third-order valence-corrected chi connectivity index (χ3v) is 9.85. The first-order valence-corrected chi connectivity index (χ1v) is 19.2. The van der Waals surface area contributed by atoms with E-state index >= 15 is 0 Å². The van der Waals surface area contributed by atoms with E-state index in [1.54, 1.807) is 0 Å². The summed E-state index contributed by atoms with van der Waals surface area (Å²) >= 11 is 0. The summed E-state index contributed by atoms with van der Waals surface area (Å²) in [6, 6.07) is 38.6. The highest BCUT2D eigenvalue weighted by Crippen LogP contribution is 2.35. The maximum Gasteiger partial charge on any atom is 0.223 e. The molecule has 0 saturated carbocycles. The number of aliphatic imine (C=N–C) groups is 2. The Morgan fingerprint density at radius 3 is 1.03 bits per heavy atom. The first kappa shape index (κ1) is 39.8. The molecule has 2 heterocycles. The van der Waals surface area contributed by atoms with Crippen molar-refractivity contribution >= 4 is 11.8 Å². The second-order valence-corrected chi connectivity index (χ2v) is 13.8. The van der Waals surface area contributed by atoms with Gasteiger partial charge < -0.3 is 18.9 Å². The van der Waals surface area contributed by atoms with Gasteiger partial charge in [-0.3, -0.25) is 0 Å². The normalized spacial score (nSPS) is 18.3. The average molecular weight is 787 g/mol. The Labute approximate surface area is 335 Å². The molecule has 58 heavy (non-hydrogen) atoms. The van der Waals surface area contributed by atoms with Gasteiger partial charge in [0.25, 0.3) is 0 Å². The quantitative estimate of drug-likeness (QED) is 0.130. The number of hydrogen-bond acceptors (Lipinski definition) is 6. The molecule has 6 aromatic carbocycles. The fourth-order valence-electron chi connectivity index (χ4n) is 6.91. The molecule has 0 aliphatic carbocycles. The lowest BCUT2D eigenvalue weighted by atomic mass is 9.99. The van der Waals surface area contributed by atoms with Crippen LogP contribution in [0.1, 0.15) is 62.0 Å². The zero-order valence-electron chi connectivity index (χ0n) is 32.5. The Balaban J connectivity index is 0.000000177. The topological polar surface area (TPSA) is 61.6 Å². The SMILES string of the molecule is CCOc1ccc(-c2ccc([C@@H]3N=C(c4c(F)cccc4F)O[C@@H]3C)cc2)cc1.CCOc1ccc(-c2ccc([C@H]3N=C(c4c(F)cccc4F)O[C@H]3C)cc2)cc1. The van der Waals surface area contributed by atoms with Crippen molar-refractivity contribution < 1.29 is 36.5 Å². The Hall–Kier alpha value is -6.42. The first-order chi connectivity index (χ1) is 28.1. The van der Waals surface area contributed by atoms with Crippen molar-refractivity contribution in [1.29, 1.82) is 0 Å². The van der Waals surface area contributed by atoms with Gasteiger partial charge in [-0.05, 0) is 110 Å². The molecular formula is C48H42F4N2O4. The average Bonchev–Trinajstić information content (AvgIpc) is 3.80. The monoisotopic (exact) mass is 786 g/mol. The standard InChI is InChI=1S/2C24H21F2NO2/c2*1-3-28-19-13-11-17(12-14-19)16-7-9-18(10-8-16)23-15(2)29-24(27-23)22-20(25)5-4-6-21(22)26/h2*4-15,23H,3H2,1-2H3/t2*15-,23-/m10/s1. The maximum atomic E-state index is 14.1. The summed E-state index contributed by atoms with van der Waals surface area (Å²) in [5.41, 5.74) is 5.71. The summed E-state index contributed by atoms with van der Waals surface area (Å²) in [6.45, 7) is 8.87. The van der Waals surface area contributed by atoms with Gasteiger partial charge in [-0.2, -0.15) is 0 Å². The number of hydrogen-bond donors (Lipinski definition) is 0. The lowest BCUT2D eigenvalue weighted by molar-refractivity contribution is 0.212. The molecule has 2 aliphatic heterocycles. The molecule has 0 spiro atoms. The van der Waals surface area contributed by atoms with Crippen molar-refractivity contribution in [1.82, 2.24) is 0 Å². The summed E-state index contributed by atoms with van der Waals surface area (Å²) < 4.78 is 78.6. The van der Waals surface area contributed by atoms with Crippen LogP contribution in [0.4, 0.5) is 17.6 Å². The fraction of sp³-hybridized carbons (Fsp3) is 0.208. The minimum absolute atomic E-state index is 0.00805. The highest BCUT2D eigenvalue weighted by Gasteiger charge is 2.33. The number of benzene rings is 6. The van der Waals surface area contributed by atoms with Gasteiger partial charge in [0.2, 0.25) is 11.8 Å². The van der Waals surface area contributed by atoms with Crippen molar-refractivity contribution in [2.75, 3.05) is 13.2 Å². The van der Waals surface area contributed by atoms with Gasteiger partial charge in [-0.1, -0.05) is 84.9 Å². The van der Waals surface area contributed by atoms with Crippen molar-refractivity contribution in [3.8, 4) is 33.8 Å². The summed E-state index contributed by atoms with van der Waals surface area (Å²) in [7, 11) is 0. The maximum absolute atomic E-state index is 14.1. The van der Waals surface area contributed by atoms with Gasteiger partial charge in [0.1, 0.15) is 70.2 Å². The number of ether oxygens (including phenoxy) is 4. The van der Waals surface area contributed by atoms with Crippen LogP contribution in [0.3, 0.4) is 0 Å². The van der Waals surface area contributed by atoms with Crippen molar-refractivity contribution in [3.05, 3.63) is 179 Å². The molecule has 6 aromatic rings. The van der Waals surface area contributed by atoms with Gasteiger partial charge in [0.15, 0.2) is 0 Å². The first-order valence-electron chi connectivity index (χ1n) is 19.2. The predicted octanol–water partition coefficient (Wildman–Crippen LogP) is 11.9. The minimum Gasteiger partial charge on any atom is -0.494 e. The van der Waals surface area contributed by atoms with Crippen LogP contribution in [0.15, 0.2) is 143 Å². The van der Waals surface area contributed by atoms with Crippen molar-refractivity contribution in [3.63, 3.8) is 0 Å². The molecule has 0 N–H and O–H groups in total. The fourth-order valence-corrected chi connectivity index (χ4v) is 6.91. The predicted molar refractivity (Wildman–Crippen MR) is 218 cm³/mol. The molecule has 0 bridgehead atoms. The number of nitrogens with zero attached hydrogens (tertiary/aromatic N) is 2. The van der Waals surface area contributed by atoms with E-state index in [-0.39, 0.29) is 47.2 Å². The summed E-state index contributed by atoms with van der Waals surface area (Å²) in [6.07, 6.45) is -0.638. The van der Waals surface area contributed by atoms with Crippen LogP contribution in [-0.4, -0.2) is 37.2 Å². The van der Waals surface area contributed by atoms with Gasteiger partial charge in [0, 0.05) is 0 Å². The van der Waals surface area contributed by atoms with Crippen molar-refractivity contribution in [2.24, 2.45) is 9.98 Å². The third kappa shape index (κ3) is 8.76. The van der Waals surface area contributed by atoms with Crippen LogP contribution in [-0.2, 0) is 9.47 Å². The highest BCUT2D eigenvalue weighted by molar-refractivity contribution is 5.96. The summed E-state index contributed by atoms with van der Waals surface area (Å²) in [5, 5.41) is 0. The van der Waals surface area contributed by atoms with E-state index < -0.39 is 23.3 Å². The third-order valence-electron chi connectivity index (χ3n) is 9.85. The Bertz CT molecular complexity index is 2190. The van der Waals surface area contributed by atoms with E-state index in [9.17, 15) is 17.6 Å². The van der Waals surface area contributed by atoms with E-state index in [4.69, 9.17) is 18.9 Å². The molecule has 0 radical (unpaired) electrons. The Kier molecular flexibility index (Phi) is 12.2. The van der Waals surface area contributed by atoms with Crippen molar-refractivity contribution in [2.45, 2.75) is 52.0 Å². The van der Waals surface area contributed by atoms with E-state index in [1.807, 2.05) is 125 Å². The summed E-state index contributed by atoms with van der Waals surface area (Å²) in [4.78, 5) is 8.93.